The Labute approximate surface area is 127 Å². The molecule has 1 aliphatic heterocycles. The second-order valence-electron chi connectivity index (χ2n) is 5.04. The molecule has 6 heteroatoms. The highest BCUT2D eigenvalue weighted by Gasteiger charge is 2.23. The number of hydrogen-bond donors (Lipinski definition) is 1. The van der Waals surface area contributed by atoms with E-state index >= 15 is 0 Å². The lowest BCUT2D eigenvalue weighted by Crippen LogP contribution is -2.26. The summed E-state index contributed by atoms with van der Waals surface area (Å²) in [5, 5.41) is 7.78. The van der Waals surface area contributed by atoms with Crippen molar-refractivity contribution in [1.82, 2.24) is 9.78 Å². The Kier molecular flexibility index (Phi) is 4.22. The van der Waals surface area contributed by atoms with Gasteiger partial charge >= 0.3 is 0 Å². The van der Waals surface area contributed by atoms with Crippen LogP contribution in [0.15, 0.2) is 36.7 Å². The average molecular weight is 306 g/mol. The minimum Gasteiger partial charge on any atom is -0.368 e. The Morgan fingerprint density at radius 1 is 1.43 bits per heavy atom. The number of benzene rings is 1. The second kappa shape index (κ2) is 6.28. The number of carbonyl (C=O) groups is 1. The third-order valence-electron chi connectivity index (χ3n) is 3.38. The molecule has 0 saturated carbocycles. The molecule has 1 saturated heterocycles. The van der Waals surface area contributed by atoms with Gasteiger partial charge in [0.2, 0.25) is 0 Å². The van der Waals surface area contributed by atoms with E-state index in [1.807, 2.05) is 30.5 Å². The molecule has 1 aliphatic rings. The maximum absolute atomic E-state index is 11.9. The number of ether oxygens (including phenoxy) is 1. The highest BCUT2D eigenvalue weighted by molar-refractivity contribution is 6.30. The number of amides is 1. The highest BCUT2D eigenvalue weighted by atomic mass is 35.5. The van der Waals surface area contributed by atoms with Crippen LogP contribution in [0.5, 0.6) is 0 Å². The van der Waals surface area contributed by atoms with Crippen molar-refractivity contribution in [1.29, 1.82) is 0 Å². The molecule has 2 aromatic rings. The molecule has 1 fully saturated rings. The maximum Gasteiger partial charge on any atom is 0.253 e. The van der Waals surface area contributed by atoms with Crippen molar-refractivity contribution in [2.45, 2.75) is 25.5 Å². The molecule has 0 spiro atoms. The largest absolute Gasteiger partial charge is 0.368 e. The van der Waals surface area contributed by atoms with Crippen LogP contribution in [0.1, 0.15) is 18.4 Å². The van der Waals surface area contributed by atoms with Crippen molar-refractivity contribution in [3.63, 3.8) is 0 Å². The smallest absolute Gasteiger partial charge is 0.253 e. The van der Waals surface area contributed by atoms with Gasteiger partial charge in [-0.15, -0.1) is 0 Å². The maximum atomic E-state index is 11.9. The van der Waals surface area contributed by atoms with Crippen molar-refractivity contribution < 1.29 is 9.53 Å². The zero-order valence-corrected chi connectivity index (χ0v) is 12.2. The van der Waals surface area contributed by atoms with Gasteiger partial charge < -0.3 is 10.1 Å². The summed E-state index contributed by atoms with van der Waals surface area (Å²) < 4.78 is 7.12. The predicted molar refractivity (Wildman–Crippen MR) is 80.4 cm³/mol. The SMILES string of the molecule is O=C(Nc1cnn(Cc2ccc(Cl)cc2)c1)[C@H]1CCCO1. The molecular weight excluding hydrogens is 290 g/mol. The van der Waals surface area contributed by atoms with Gasteiger partial charge in [-0.25, -0.2) is 0 Å². The monoisotopic (exact) mass is 305 g/mol. The summed E-state index contributed by atoms with van der Waals surface area (Å²) in [7, 11) is 0. The first-order valence-electron chi connectivity index (χ1n) is 6.90. The zero-order valence-electron chi connectivity index (χ0n) is 11.5. The van der Waals surface area contributed by atoms with Crippen LogP contribution in [-0.4, -0.2) is 28.4 Å². The molecule has 0 radical (unpaired) electrons. The standard InChI is InChI=1S/C15H16ClN3O2/c16-12-5-3-11(4-6-12)9-19-10-13(8-17-19)18-15(20)14-2-1-7-21-14/h3-6,8,10,14H,1-2,7,9H2,(H,18,20)/t14-/m1/s1. The highest BCUT2D eigenvalue weighted by Crippen LogP contribution is 2.15. The van der Waals surface area contributed by atoms with E-state index in [9.17, 15) is 4.79 Å². The van der Waals surface area contributed by atoms with Crippen LogP contribution >= 0.6 is 11.6 Å². The minimum absolute atomic E-state index is 0.0986. The molecule has 1 aromatic carbocycles. The molecule has 0 aliphatic carbocycles. The van der Waals surface area contributed by atoms with Crippen LogP contribution in [0, 0.1) is 0 Å². The fourth-order valence-electron chi connectivity index (χ4n) is 2.30. The van der Waals surface area contributed by atoms with E-state index in [0.29, 0.717) is 23.9 Å². The van der Waals surface area contributed by atoms with E-state index in [1.165, 1.54) is 0 Å². The Morgan fingerprint density at radius 3 is 2.95 bits per heavy atom. The van der Waals surface area contributed by atoms with E-state index in [-0.39, 0.29) is 12.0 Å². The normalized spacial score (nSPS) is 17.9. The van der Waals surface area contributed by atoms with Crippen LogP contribution < -0.4 is 5.32 Å². The number of anilines is 1. The molecule has 3 rings (SSSR count). The lowest BCUT2D eigenvalue weighted by atomic mass is 10.2. The topological polar surface area (TPSA) is 56.2 Å². The van der Waals surface area contributed by atoms with E-state index in [0.717, 1.165) is 18.4 Å². The fourth-order valence-corrected chi connectivity index (χ4v) is 2.42. The summed E-state index contributed by atoms with van der Waals surface area (Å²) in [6.07, 6.45) is 4.84. The van der Waals surface area contributed by atoms with Crippen LogP contribution in [0.4, 0.5) is 5.69 Å². The summed E-state index contributed by atoms with van der Waals surface area (Å²) in [6, 6.07) is 7.60. The number of nitrogens with one attached hydrogen (secondary N) is 1. The Hall–Kier alpha value is -1.85. The van der Waals surface area contributed by atoms with Crippen molar-refractivity contribution in [2.75, 3.05) is 11.9 Å². The summed E-state index contributed by atoms with van der Waals surface area (Å²) in [5.74, 6) is -0.0986. The van der Waals surface area contributed by atoms with Gasteiger partial charge in [0.1, 0.15) is 6.10 Å². The minimum atomic E-state index is -0.329. The Balaban J connectivity index is 1.60. The first-order valence-corrected chi connectivity index (χ1v) is 7.28. The molecular formula is C15H16ClN3O2. The number of hydrogen-bond acceptors (Lipinski definition) is 3. The van der Waals surface area contributed by atoms with E-state index in [2.05, 4.69) is 10.4 Å². The predicted octanol–water partition coefficient (Wildman–Crippen LogP) is 2.70. The van der Waals surface area contributed by atoms with Crippen molar-refractivity contribution >= 4 is 23.2 Å². The summed E-state index contributed by atoms with van der Waals surface area (Å²) in [5.41, 5.74) is 1.78. The third kappa shape index (κ3) is 3.62. The number of carbonyl (C=O) groups excluding carboxylic acids is 1. The fraction of sp³-hybridized carbons (Fsp3) is 0.333. The van der Waals surface area contributed by atoms with Gasteiger partial charge in [-0.05, 0) is 30.5 Å². The van der Waals surface area contributed by atoms with Gasteiger partial charge in [0, 0.05) is 17.8 Å². The van der Waals surface area contributed by atoms with Gasteiger partial charge in [0.25, 0.3) is 5.91 Å². The summed E-state index contributed by atoms with van der Waals surface area (Å²) in [6.45, 7) is 1.29. The van der Waals surface area contributed by atoms with Crippen molar-refractivity contribution in [3.8, 4) is 0 Å². The van der Waals surface area contributed by atoms with Crippen molar-refractivity contribution in [2.24, 2.45) is 0 Å². The molecule has 5 nitrogen and oxygen atoms in total. The summed E-state index contributed by atoms with van der Waals surface area (Å²) in [4.78, 5) is 11.9. The van der Waals surface area contributed by atoms with Gasteiger partial charge in [0.15, 0.2) is 0 Å². The van der Waals surface area contributed by atoms with E-state index in [4.69, 9.17) is 16.3 Å². The number of halogens is 1. The molecule has 0 bridgehead atoms. The molecule has 1 aromatic heterocycles. The van der Waals surface area contributed by atoms with Crippen LogP contribution in [0.2, 0.25) is 5.02 Å². The van der Waals surface area contributed by atoms with E-state index < -0.39 is 0 Å². The number of nitrogens with zero attached hydrogens (tertiary/aromatic N) is 2. The number of rotatable bonds is 4. The Morgan fingerprint density at radius 2 is 2.24 bits per heavy atom. The molecule has 1 N–H and O–H groups in total. The summed E-state index contributed by atoms with van der Waals surface area (Å²) >= 11 is 5.86. The molecule has 21 heavy (non-hydrogen) atoms. The Bertz CT molecular complexity index is 618. The van der Waals surface area contributed by atoms with E-state index in [1.54, 1.807) is 10.9 Å². The first-order chi connectivity index (χ1) is 10.2. The van der Waals surface area contributed by atoms with Crippen LogP contribution in [0.3, 0.4) is 0 Å². The van der Waals surface area contributed by atoms with Gasteiger partial charge in [-0.2, -0.15) is 5.10 Å². The average Bonchev–Trinajstić information content (AvgIpc) is 3.13. The molecule has 0 unspecified atom stereocenters. The second-order valence-corrected chi connectivity index (χ2v) is 5.48. The van der Waals surface area contributed by atoms with Gasteiger partial charge in [-0.3, -0.25) is 9.48 Å². The van der Waals surface area contributed by atoms with Crippen LogP contribution in [-0.2, 0) is 16.1 Å². The molecule has 1 atom stereocenters. The lowest BCUT2D eigenvalue weighted by Gasteiger charge is -2.08. The third-order valence-corrected chi connectivity index (χ3v) is 3.63. The van der Waals surface area contributed by atoms with Crippen LogP contribution in [0.25, 0.3) is 0 Å². The van der Waals surface area contributed by atoms with Crippen molar-refractivity contribution in [3.05, 3.63) is 47.2 Å². The lowest BCUT2D eigenvalue weighted by molar-refractivity contribution is -0.124. The molecule has 2 heterocycles. The molecule has 110 valence electrons. The number of aromatic nitrogens is 2. The zero-order chi connectivity index (χ0) is 14.7. The van der Waals surface area contributed by atoms with Gasteiger partial charge in [-0.1, -0.05) is 23.7 Å². The molecule has 1 amide bonds. The quantitative estimate of drug-likeness (QED) is 0.945. The van der Waals surface area contributed by atoms with Gasteiger partial charge in [0.05, 0.1) is 18.4 Å². The first kappa shape index (κ1) is 14.1.